The van der Waals surface area contributed by atoms with Crippen LogP contribution in [0.1, 0.15) is 41.0 Å². The maximum atomic E-state index is 12.3. The van der Waals surface area contributed by atoms with Gasteiger partial charge in [0.25, 0.3) is 5.91 Å². The smallest absolute Gasteiger partial charge is 0.275 e. The highest BCUT2D eigenvalue weighted by Crippen LogP contribution is 2.25. The molecule has 140 valence electrons. The van der Waals surface area contributed by atoms with Gasteiger partial charge >= 0.3 is 0 Å². The fraction of sp³-hybridized carbons (Fsp3) is 0.182. The number of nitrogens with zero attached hydrogens (tertiary/aromatic N) is 3. The van der Waals surface area contributed by atoms with Crippen molar-refractivity contribution >= 4 is 23.1 Å². The molecule has 3 aromatic rings. The van der Waals surface area contributed by atoms with Crippen LogP contribution in [0.15, 0.2) is 54.9 Å². The Balaban J connectivity index is 1.73. The number of aryl methyl sites for hydroxylation is 2. The van der Waals surface area contributed by atoms with Crippen LogP contribution < -0.4 is 10.6 Å². The molecule has 1 aromatic heterocycles. The summed E-state index contributed by atoms with van der Waals surface area (Å²) in [6, 6.07) is 14.9. The van der Waals surface area contributed by atoms with Gasteiger partial charge in [-0.25, -0.2) is 9.97 Å². The van der Waals surface area contributed by atoms with Crippen molar-refractivity contribution in [3.8, 4) is 6.07 Å². The molecule has 3 rings (SSSR count). The number of benzene rings is 2. The van der Waals surface area contributed by atoms with E-state index in [9.17, 15) is 4.79 Å². The number of nitrogens with one attached hydrogen (secondary N) is 2. The van der Waals surface area contributed by atoms with Gasteiger partial charge in [-0.1, -0.05) is 32.0 Å². The highest BCUT2D eigenvalue weighted by Gasteiger charge is 2.11. The van der Waals surface area contributed by atoms with Crippen molar-refractivity contribution < 1.29 is 4.79 Å². The predicted molar refractivity (Wildman–Crippen MR) is 110 cm³/mol. The third kappa shape index (κ3) is 4.33. The third-order valence-corrected chi connectivity index (χ3v) is 4.41. The van der Waals surface area contributed by atoms with E-state index in [0.29, 0.717) is 17.1 Å². The second-order valence-electron chi connectivity index (χ2n) is 6.21. The molecule has 1 heterocycles. The molecule has 0 aliphatic rings. The van der Waals surface area contributed by atoms with Crippen molar-refractivity contribution in [3.05, 3.63) is 77.2 Å². The summed E-state index contributed by atoms with van der Waals surface area (Å²) < 4.78 is 0. The average molecular weight is 371 g/mol. The number of aromatic nitrogens is 2. The van der Waals surface area contributed by atoms with Crippen molar-refractivity contribution in [3.63, 3.8) is 0 Å². The van der Waals surface area contributed by atoms with Crippen LogP contribution in [0.3, 0.4) is 0 Å². The quantitative estimate of drug-likeness (QED) is 0.667. The van der Waals surface area contributed by atoms with Gasteiger partial charge in [0.05, 0.1) is 24.0 Å². The number of carbonyl (C=O) groups excluding carboxylic acids is 1. The van der Waals surface area contributed by atoms with Gasteiger partial charge in [-0.05, 0) is 48.2 Å². The SMILES string of the molecule is CCc1cccc(CC)c1Nc1cnc(C(=O)Nc2ccc(C#N)cc2)cn1. The summed E-state index contributed by atoms with van der Waals surface area (Å²) in [5.41, 5.74) is 4.82. The van der Waals surface area contributed by atoms with Crippen LogP contribution >= 0.6 is 0 Å². The summed E-state index contributed by atoms with van der Waals surface area (Å²) in [6.45, 7) is 4.23. The van der Waals surface area contributed by atoms with E-state index >= 15 is 0 Å². The number of amides is 1. The van der Waals surface area contributed by atoms with Gasteiger partial charge in [-0.15, -0.1) is 0 Å². The summed E-state index contributed by atoms with van der Waals surface area (Å²) in [5.74, 6) is 0.234. The maximum Gasteiger partial charge on any atom is 0.275 e. The Kier molecular flexibility index (Phi) is 5.97. The molecular formula is C22H21N5O. The van der Waals surface area contributed by atoms with Crippen LogP contribution in [-0.2, 0) is 12.8 Å². The van der Waals surface area contributed by atoms with Gasteiger partial charge in [0.2, 0.25) is 0 Å². The molecule has 28 heavy (non-hydrogen) atoms. The monoisotopic (exact) mass is 371 g/mol. The number of carbonyl (C=O) groups is 1. The fourth-order valence-corrected chi connectivity index (χ4v) is 2.86. The number of anilines is 3. The van der Waals surface area contributed by atoms with Gasteiger partial charge in [0.15, 0.2) is 0 Å². The molecule has 0 atom stereocenters. The van der Waals surface area contributed by atoms with Crippen molar-refractivity contribution in [2.45, 2.75) is 26.7 Å². The largest absolute Gasteiger partial charge is 0.338 e. The maximum absolute atomic E-state index is 12.3. The topological polar surface area (TPSA) is 90.7 Å². The van der Waals surface area contributed by atoms with E-state index in [1.54, 1.807) is 30.5 Å². The van der Waals surface area contributed by atoms with Crippen molar-refractivity contribution in [1.82, 2.24) is 9.97 Å². The molecule has 2 aromatic carbocycles. The van der Waals surface area contributed by atoms with E-state index in [1.807, 2.05) is 6.07 Å². The minimum absolute atomic E-state index is 0.217. The number of hydrogen-bond acceptors (Lipinski definition) is 5. The first-order chi connectivity index (χ1) is 13.6. The van der Waals surface area contributed by atoms with E-state index in [4.69, 9.17) is 5.26 Å². The first kappa shape index (κ1) is 19.1. The zero-order valence-corrected chi connectivity index (χ0v) is 15.9. The van der Waals surface area contributed by atoms with Gasteiger partial charge in [0, 0.05) is 11.4 Å². The zero-order valence-electron chi connectivity index (χ0n) is 15.9. The molecule has 0 aliphatic heterocycles. The first-order valence-electron chi connectivity index (χ1n) is 9.16. The molecular weight excluding hydrogens is 350 g/mol. The van der Waals surface area contributed by atoms with Gasteiger partial charge in [0.1, 0.15) is 11.5 Å². The van der Waals surface area contributed by atoms with Crippen molar-refractivity contribution in [2.24, 2.45) is 0 Å². The van der Waals surface area contributed by atoms with Crippen LogP contribution in [-0.4, -0.2) is 15.9 Å². The minimum atomic E-state index is -0.355. The summed E-state index contributed by atoms with van der Waals surface area (Å²) >= 11 is 0. The summed E-state index contributed by atoms with van der Waals surface area (Å²) in [5, 5.41) is 14.9. The number of hydrogen-bond donors (Lipinski definition) is 2. The van der Waals surface area contributed by atoms with E-state index in [-0.39, 0.29) is 11.6 Å². The van der Waals surface area contributed by atoms with Crippen molar-refractivity contribution in [1.29, 1.82) is 5.26 Å². The molecule has 0 radical (unpaired) electrons. The molecule has 0 bridgehead atoms. The average Bonchev–Trinajstić information content (AvgIpc) is 2.75. The van der Waals surface area contributed by atoms with Crippen LogP contribution in [0, 0.1) is 11.3 Å². The van der Waals surface area contributed by atoms with E-state index < -0.39 is 0 Å². The van der Waals surface area contributed by atoms with Crippen LogP contribution in [0.2, 0.25) is 0 Å². The Labute approximate surface area is 164 Å². The third-order valence-electron chi connectivity index (χ3n) is 4.41. The lowest BCUT2D eigenvalue weighted by atomic mass is 10.0. The molecule has 2 N–H and O–H groups in total. The molecule has 6 nitrogen and oxygen atoms in total. The molecule has 0 saturated carbocycles. The molecule has 0 unspecified atom stereocenters. The molecule has 0 aliphatic carbocycles. The lowest BCUT2D eigenvalue weighted by molar-refractivity contribution is 0.102. The van der Waals surface area contributed by atoms with Crippen LogP contribution in [0.4, 0.5) is 17.2 Å². The van der Waals surface area contributed by atoms with Crippen LogP contribution in [0.25, 0.3) is 0 Å². The molecule has 1 amide bonds. The highest BCUT2D eigenvalue weighted by atomic mass is 16.1. The van der Waals surface area contributed by atoms with Crippen molar-refractivity contribution in [2.75, 3.05) is 10.6 Å². The van der Waals surface area contributed by atoms with Crippen LogP contribution in [0.5, 0.6) is 0 Å². The molecule has 6 heteroatoms. The first-order valence-corrected chi connectivity index (χ1v) is 9.16. The minimum Gasteiger partial charge on any atom is -0.338 e. The molecule has 0 spiro atoms. The van der Waals surface area contributed by atoms with Gasteiger partial charge < -0.3 is 10.6 Å². The summed E-state index contributed by atoms with van der Waals surface area (Å²) in [4.78, 5) is 20.9. The Bertz CT molecular complexity index is 982. The lowest BCUT2D eigenvalue weighted by Gasteiger charge is -2.14. The highest BCUT2D eigenvalue weighted by molar-refractivity contribution is 6.02. The molecule has 0 saturated heterocycles. The van der Waals surface area contributed by atoms with E-state index in [0.717, 1.165) is 18.5 Å². The van der Waals surface area contributed by atoms with E-state index in [1.165, 1.54) is 17.3 Å². The number of para-hydroxylation sites is 1. The normalized spacial score (nSPS) is 10.2. The lowest BCUT2D eigenvalue weighted by Crippen LogP contribution is -2.14. The van der Waals surface area contributed by atoms with Gasteiger partial charge in [-0.2, -0.15) is 5.26 Å². The number of rotatable bonds is 6. The Morgan fingerprint density at radius 3 is 2.21 bits per heavy atom. The Morgan fingerprint density at radius 2 is 1.68 bits per heavy atom. The standard InChI is InChI=1S/C22H21N5O/c1-3-16-6-5-7-17(4-2)21(16)27-20-14-24-19(13-25-20)22(28)26-18-10-8-15(12-23)9-11-18/h5-11,13-14H,3-4H2,1-2H3,(H,25,27)(H,26,28). The fourth-order valence-electron chi connectivity index (χ4n) is 2.86. The van der Waals surface area contributed by atoms with E-state index in [2.05, 4.69) is 52.6 Å². The zero-order chi connectivity index (χ0) is 19.9. The van der Waals surface area contributed by atoms with Gasteiger partial charge in [-0.3, -0.25) is 4.79 Å². The Hall–Kier alpha value is -3.72. The number of nitriles is 1. The second kappa shape index (κ2) is 8.78. The summed E-state index contributed by atoms with van der Waals surface area (Å²) in [7, 11) is 0. The Morgan fingerprint density at radius 1 is 1.00 bits per heavy atom. The molecule has 0 fully saturated rings. The predicted octanol–water partition coefficient (Wildman–Crippen LogP) is 4.47. The summed E-state index contributed by atoms with van der Waals surface area (Å²) in [6.07, 6.45) is 4.82. The second-order valence-corrected chi connectivity index (χ2v) is 6.21.